The molecule has 1 heterocycles. The largest absolute Gasteiger partial charge is 0.351 e. The summed E-state index contributed by atoms with van der Waals surface area (Å²) in [4.78, 5) is 33.6. The number of urea groups is 1. The highest BCUT2D eigenvalue weighted by Crippen LogP contribution is 2.24. The third-order valence-electron chi connectivity index (χ3n) is 2.75. The van der Waals surface area contributed by atoms with Gasteiger partial charge < -0.3 is 11.1 Å². The molecule has 0 bridgehead atoms. The molecule has 2 aromatic rings. The lowest BCUT2D eigenvalue weighted by Gasteiger charge is -2.10. The van der Waals surface area contributed by atoms with Crippen molar-refractivity contribution in [1.82, 2.24) is 25.5 Å². The minimum Gasteiger partial charge on any atom is -0.351 e. The van der Waals surface area contributed by atoms with Crippen LogP contribution in [0.2, 0.25) is 0 Å². The van der Waals surface area contributed by atoms with E-state index in [9.17, 15) is 14.4 Å². The zero-order valence-electron chi connectivity index (χ0n) is 12.9. The third-order valence-corrected chi connectivity index (χ3v) is 3.78. The number of hydrogen-bond donors (Lipinski definition) is 3. The zero-order chi connectivity index (χ0) is 17.7. The van der Waals surface area contributed by atoms with Gasteiger partial charge in [0.2, 0.25) is 17.0 Å². The number of nitrogens with two attached hydrogens (primary N) is 1. The summed E-state index contributed by atoms with van der Waals surface area (Å²) in [5, 5.41) is 15.7. The van der Waals surface area contributed by atoms with Gasteiger partial charge in [0.1, 0.15) is 0 Å². The fourth-order valence-corrected chi connectivity index (χ4v) is 2.58. The number of benzene rings is 1. The number of nitrogens with zero attached hydrogens (tertiary/aromatic N) is 4. The average Bonchev–Trinajstić information content (AvgIpc) is 2.94. The minimum absolute atomic E-state index is 0.199. The molecule has 0 radical (unpaired) electrons. The van der Waals surface area contributed by atoms with Gasteiger partial charge >= 0.3 is 6.03 Å². The van der Waals surface area contributed by atoms with Crippen LogP contribution in [0.3, 0.4) is 0 Å². The lowest BCUT2D eigenvalue weighted by atomic mass is 10.3. The molecular weight excluding hydrogens is 334 g/mol. The lowest BCUT2D eigenvalue weighted by Crippen LogP contribution is -2.39. The molecule has 2 rings (SSSR count). The Morgan fingerprint density at radius 1 is 1.33 bits per heavy atom. The predicted molar refractivity (Wildman–Crippen MR) is 86.5 cm³/mol. The maximum Gasteiger partial charge on any atom is 0.318 e. The van der Waals surface area contributed by atoms with E-state index in [0.717, 1.165) is 11.8 Å². The van der Waals surface area contributed by atoms with E-state index in [-0.39, 0.29) is 5.91 Å². The smallest absolute Gasteiger partial charge is 0.318 e. The molecule has 1 unspecified atom stereocenters. The maximum atomic E-state index is 11.7. The summed E-state index contributed by atoms with van der Waals surface area (Å²) in [6.07, 6.45) is 0. The van der Waals surface area contributed by atoms with Crippen LogP contribution in [0.1, 0.15) is 13.8 Å². The fourth-order valence-electron chi connectivity index (χ4n) is 1.77. The quantitative estimate of drug-likeness (QED) is 0.658. The number of nitrogens with one attached hydrogen (secondary N) is 2. The summed E-state index contributed by atoms with van der Waals surface area (Å²) in [6.45, 7) is 3.00. The number of thioether (sulfide) groups is 1. The second-order valence-corrected chi connectivity index (χ2v) is 6.03. The van der Waals surface area contributed by atoms with E-state index in [0.29, 0.717) is 16.5 Å². The monoisotopic (exact) mass is 349 g/mol. The molecule has 0 spiro atoms. The molecule has 0 aliphatic carbocycles. The number of imide groups is 1. The van der Waals surface area contributed by atoms with Crippen LogP contribution in [0.25, 0.3) is 5.69 Å². The summed E-state index contributed by atoms with van der Waals surface area (Å²) in [7, 11) is 0. The van der Waals surface area contributed by atoms with Gasteiger partial charge in [-0.2, -0.15) is 4.68 Å². The molecule has 1 aromatic heterocycles. The zero-order valence-corrected chi connectivity index (χ0v) is 13.7. The number of rotatable bonds is 5. The summed E-state index contributed by atoms with van der Waals surface area (Å²) in [6, 6.07) is 5.98. The van der Waals surface area contributed by atoms with Crippen LogP contribution in [-0.4, -0.2) is 43.3 Å². The molecule has 4 N–H and O–H groups in total. The molecule has 24 heavy (non-hydrogen) atoms. The van der Waals surface area contributed by atoms with Crippen LogP contribution >= 0.6 is 11.8 Å². The minimum atomic E-state index is -0.921. The second-order valence-electron chi connectivity index (χ2n) is 4.72. The van der Waals surface area contributed by atoms with Gasteiger partial charge in [-0.3, -0.25) is 14.9 Å². The van der Waals surface area contributed by atoms with Crippen molar-refractivity contribution in [1.29, 1.82) is 0 Å². The number of carbonyl (C=O) groups is 3. The van der Waals surface area contributed by atoms with Gasteiger partial charge in [0.25, 0.3) is 0 Å². The Morgan fingerprint density at radius 3 is 2.75 bits per heavy atom. The summed E-state index contributed by atoms with van der Waals surface area (Å²) >= 11 is 1.06. The number of amides is 4. The topological polar surface area (TPSA) is 145 Å². The van der Waals surface area contributed by atoms with Crippen LogP contribution in [0, 0.1) is 0 Å². The molecule has 0 saturated carbocycles. The van der Waals surface area contributed by atoms with Crippen LogP contribution < -0.4 is 16.4 Å². The second kappa shape index (κ2) is 7.55. The van der Waals surface area contributed by atoms with E-state index in [2.05, 4.69) is 20.8 Å². The van der Waals surface area contributed by atoms with Gasteiger partial charge in [-0.15, -0.1) is 5.10 Å². The van der Waals surface area contributed by atoms with Gasteiger partial charge in [0.15, 0.2) is 0 Å². The highest BCUT2D eigenvalue weighted by Gasteiger charge is 2.20. The number of primary amides is 1. The Kier molecular flexibility index (Phi) is 5.47. The number of tetrazole rings is 1. The van der Waals surface area contributed by atoms with Gasteiger partial charge in [0.05, 0.1) is 10.9 Å². The van der Waals surface area contributed by atoms with Crippen molar-refractivity contribution in [3.05, 3.63) is 24.3 Å². The molecule has 0 aliphatic rings. The first-order chi connectivity index (χ1) is 11.4. The van der Waals surface area contributed by atoms with Crippen molar-refractivity contribution in [2.75, 3.05) is 5.32 Å². The highest BCUT2D eigenvalue weighted by atomic mass is 32.2. The summed E-state index contributed by atoms with van der Waals surface area (Å²) in [5.41, 5.74) is 6.12. The van der Waals surface area contributed by atoms with E-state index in [1.807, 2.05) is 5.32 Å². The number of aromatic nitrogens is 4. The van der Waals surface area contributed by atoms with Gasteiger partial charge in [-0.1, -0.05) is 17.8 Å². The van der Waals surface area contributed by atoms with Crippen LogP contribution in [0.15, 0.2) is 29.4 Å². The highest BCUT2D eigenvalue weighted by molar-refractivity contribution is 8.00. The average molecular weight is 349 g/mol. The van der Waals surface area contributed by atoms with Gasteiger partial charge in [0, 0.05) is 12.6 Å². The summed E-state index contributed by atoms with van der Waals surface area (Å²) in [5.74, 6) is -0.746. The van der Waals surface area contributed by atoms with E-state index in [1.165, 1.54) is 11.6 Å². The van der Waals surface area contributed by atoms with Gasteiger partial charge in [-0.05, 0) is 35.5 Å². The molecular formula is C13H15N7O3S. The van der Waals surface area contributed by atoms with Crippen molar-refractivity contribution in [2.24, 2.45) is 5.73 Å². The number of anilines is 1. The Balaban J connectivity index is 2.20. The lowest BCUT2D eigenvalue weighted by molar-refractivity contribution is -0.119. The normalized spacial score (nSPS) is 11.6. The molecule has 1 aromatic carbocycles. The Bertz CT molecular complexity index is 776. The van der Waals surface area contributed by atoms with Crippen molar-refractivity contribution < 1.29 is 14.4 Å². The summed E-state index contributed by atoms with van der Waals surface area (Å²) < 4.78 is 1.42. The first kappa shape index (κ1) is 17.4. The van der Waals surface area contributed by atoms with Crippen molar-refractivity contribution in [3.8, 4) is 5.69 Å². The molecule has 10 nitrogen and oxygen atoms in total. The van der Waals surface area contributed by atoms with E-state index in [4.69, 9.17) is 5.73 Å². The maximum absolute atomic E-state index is 11.7. The van der Waals surface area contributed by atoms with Crippen molar-refractivity contribution >= 4 is 35.3 Å². The molecule has 0 aliphatic heterocycles. The predicted octanol–water partition coefficient (Wildman–Crippen LogP) is 0.296. The Labute approximate surface area is 141 Å². The van der Waals surface area contributed by atoms with Gasteiger partial charge in [-0.25, -0.2) is 4.79 Å². The first-order valence-corrected chi connectivity index (χ1v) is 7.68. The molecule has 0 fully saturated rings. The van der Waals surface area contributed by atoms with Crippen LogP contribution in [0.4, 0.5) is 10.5 Å². The third kappa shape index (κ3) is 4.52. The standard InChI is InChI=1S/C13H15N7O3S/c1-7(11(22)16-12(14)23)24-13-17-18-19-20(13)10-5-3-4-9(6-10)15-8(2)21/h3-7H,1-2H3,(H,15,21)(H3,14,16,22,23). The number of carbonyl (C=O) groups excluding carboxylic acids is 3. The Morgan fingerprint density at radius 2 is 2.08 bits per heavy atom. The van der Waals surface area contributed by atoms with Crippen molar-refractivity contribution in [3.63, 3.8) is 0 Å². The fraction of sp³-hybridized carbons (Fsp3) is 0.231. The molecule has 1 atom stereocenters. The van der Waals surface area contributed by atoms with Crippen molar-refractivity contribution in [2.45, 2.75) is 24.3 Å². The molecule has 11 heteroatoms. The van der Waals surface area contributed by atoms with Crippen LogP contribution in [0.5, 0.6) is 0 Å². The SMILES string of the molecule is CC(=O)Nc1cccc(-n2nnnc2SC(C)C(=O)NC(N)=O)c1. The molecule has 4 amide bonds. The Hall–Kier alpha value is -2.95. The van der Waals surface area contributed by atoms with E-state index >= 15 is 0 Å². The number of hydrogen-bond acceptors (Lipinski definition) is 7. The van der Waals surface area contributed by atoms with Crippen LogP contribution in [-0.2, 0) is 9.59 Å². The molecule has 126 valence electrons. The van der Waals surface area contributed by atoms with E-state index < -0.39 is 17.2 Å². The first-order valence-electron chi connectivity index (χ1n) is 6.80. The molecule has 0 saturated heterocycles. The van der Waals surface area contributed by atoms with E-state index in [1.54, 1.807) is 31.2 Å².